The first-order chi connectivity index (χ1) is 14.0. The van der Waals surface area contributed by atoms with Gasteiger partial charge in [0.25, 0.3) is 0 Å². The van der Waals surface area contributed by atoms with Crippen LogP contribution in [0.5, 0.6) is 0 Å². The van der Waals surface area contributed by atoms with E-state index in [9.17, 15) is 9.90 Å². The first kappa shape index (κ1) is 17.8. The Hall–Kier alpha value is -3.26. The van der Waals surface area contributed by atoms with Crippen LogP contribution in [0.15, 0.2) is 36.7 Å². The maximum absolute atomic E-state index is 11.2. The number of halogens is 1. The van der Waals surface area contributed by atoms with Crippen LogP contribution in [-0.2, 0) is 0 Å². The van der Waals surface area contributed by atoms with Crippen molar-refractivity contribution >= 4 is 39.9 Å². The molecule has 4 heterocycles. The number of piperidine rings is 1. The third-order valence-electron chi connectivity index (χ3n) is 5.60. The highest BCUT2D eigenvalue weighted by Crippen LogP contribution is 2.36. The van der Waals surface area contributed by atoms with Gasteiger partial charge in [-0.3, -0.25) is 4.40 Å². The van der Waals surface area contributed by atoms with Crippen molar-refractivity contribution in [3.8, 4) is 11.4 Å². The molecule has 1 fully saturated rings. The lowest BCUT2D eigenvalue weighted by Crippen LogP contribution is -2.37. The molecule has 9 heteroatoms. The number of imidazole rings is 1. The van der Waals surface area contributed by atoms with Crippen LogP contribution in [-0.4, -0.2) is 48.5 Å². The van der Waals surface area contributed by atoms with E-state index in [-0.39, 0.29) is 5.92 Å². The summed E-state index contributed by atoms with van der Waals surface area (Å²) in [4.78, 5) is 25.2. The Balaban J connectivity index is 1.63. The van der Waals surface area contributed by atoms with Gasteiger partial charge in [-0.1, -0.05) is 23.7 Å². The molecule has 0 atom stereocenters. The number of aromatic amines is 1. The van der Waals surface area contributed by atoms with Crippen LogP contribution in [0.4, 0.5) is 10.6 Å². The minimum absolute atomic E-state index is 0.140. The Morgan fingerprint density at radius 3 is 2.83 bits per heavy atom. The van der Waals surface area contributed by atoms with E-state index in [1.54, 1.807) is 6.20 Å². The molecule has 0 aliphatic carbocycles. The molecule has 0 radical (unpaired) electrons. The molecular formula is C20H19ClN6O2. The molecule has 5 rings (SSSR count). The highest BCUT2D eigenvalue weighted by molar-refractivity contribution is 6.35. The maximum Gasteiger partial charge on any atom is 0.407 e. The topological polar surface area (TPSA) is 113 Å². The predicted molar refractivity (Wildman–Crippen MR) is 111 cm³/mol. The number of likely N-dealkylation sites (tertiary alicyclic amines) is 1. The average Bonchev–Trinajstić information content (AvgIpc) is 3.31. The van der Waals surface area contributed by atoms with E-state index in [0.717, 1.165) is 33.6 Å². The Morgan fingerprint density at radius 2 is 2.10 bits per heavy atom. The van der Waals surface area contributed by atoms with Crippen molar-refractivity contribution in [3.63, 3.8) is 0 Å². The SMILES string of the molecule is Nc1nccn2c(C3CCN(C(=O)O)CC3)nc(-c3cc4cccc(Cl)c4[nH]3)c12. The lowest BCUT2D eigenvalue weighted by Gasteiger charge is -2.29. The van der Waals surface area contributed by atoms with Crippen molar-refractivity contribution in [1.29, 1.82) is 0 Å². The van der Waals surface area contributed by atoms with E-state index in [4.69, 9.17) is 22.3 Å². The fraction of sp³-hybridized carbons (Fsp3) is 0.250. The van der Waals surface area contributed by atoms with E-state index in [1.807, 2.05) is 34.9 Å². The van der Waals surface area contributed by atoms with E-state index in [0.29, 0.717) is 36.8 Å². The Morgan fingerprint density at radius 1 is 1.31 bits per heavy atom. The number of fused-ring (bicyclic) bond motifs is 2. The molecule has 148 valence electrons. The lowest BCUT2D eigenvalue weighted by atomic mass is 9.96. The van der Waals surface area contributed by atoms with E-state index < -0.39 is 6.09 Å². The van der Waals surface area contributed by atoms with Crippen LogP contribution in [0.25, 0.3) is 27.8 Å². The summed E-state index contributed by atoms with van der Waals surface area (Å²) in [6.45, 7) is 0.986. The minimum Gasteiger partial charge on any atom is -0.465 e. The van der Waals surface area contributed by atoms with Crippen LogP contribution >= 0.6 is 11.6 Å². The molecule has 1 aliphatic rings. The number of anilines is 1. The number of nitrogens with one attached hydrogen (secondary N) is 1. The van der Waals surface area contributed by atoms with Crippen molar-refractivity contribution in [2.24, 2.45) is 0 Å². The molecule has 1 saturated heterocycles. The summed E-state index contributed by atoms with van der Waals surface area (Å²) in [5.41, 5.74) is 9.36. The van der Waals surface area contributed by atoms with Gasteiger partial charge in [0.15, 0.2) is 0 Å². The predicted octanol–water partition coefficient (Wildman–Crippen LogP) is 3.97. The molecule has 4 aromatic rings. The standard InChI is InChI=1S/C20H19ClN6O2/c21-13-3-1-2-12-10-14(24-15(12)13)16-17-18(22)23-6-9-27(17)19(25-16)11-4-7-26(8-5-11)20(28)29/h1-3,6,9-11,24H,4-5,7-8H2,(H2,22,23)(H,28,29). The zero-order valence-electron chi connectivity index (χ0n) is 15.5. The number of amides is 1. The summed E-state index contributed by atoms with van der Waals surface area (Å²) in [7, 11) is 0. The number of benzene rings is 1. The van der Waals surface area contributed by atoms with Crippen LogP contribution in [0.1, 0.15) is 24.6 Å². The zero-order chi connectivity index (χ0) is 20.1. The molecule has 1 aromatic carbocycles. The van der Waals surface area contributed by atoms with E-state index in [2.05, 4.69) is 9.97 Å². The molecule has 1 aliphatic heterocycles. The molecular weight excluding hydrogens is 392 g/mol. The molecule has 0 saturated carbocycles. The number of hydrogen-bond donors (Lipinski definition) is 3. The largest absolute Gasteiger partial charge is 0.465 e. The Labute approximate surface area is 170 Å². The number of carbonyl (C=O) groups is 1. The van der Waals surface area contributed by atoms with Gasteiger partial charge in [0.1, 0.15) is 22.9 Å². The second-order valence-electron chi connectivity index (χ2n) is 7.28. The number of para-hydroxylation sites is 1. The third-order valence-corrected chi connectivity index (χ3v) is 5.92. The quantitative estimate of drug-likeness (QED) is 0.462. The second-order valence-corrected chi connectivity index (χ2v) is 7.69. The monoisotopic (exact) mass is 410 g/mol. The summed E-state index contributed by atoms with van der Waals surface area (Å²) in [6, 6.07) is 7.74. The van der Waals surface area contributed by atoms with Crippen LogP contribution < -0.4 is 5.73 Å². The maximum atomic E-state index is 11.2. The summed E-state index contributed by atoms with van der Waals surface area (Å²) >= 11 is 6.33. The number of carboxylic acid groups (broad SMARTS) is 1. The average molecular weight is 411 g/mol. The van der Waals surface area contributed by atoms with Crippen molar-refractivity contribution in [2.75, 3.05) is 18.8 Å². The number of nitrogens with zero attached hydrogens (tertiary/aromatic N) is 4. The number of nitrogen functional groups attached to an aromatic ring is 1. The summed E-state index contributed by atoms with van der Waals surface area (Å²) in [5, 5.41) is 10.8. The van der Waals surface area contributed by atoms with Gasteiger partial charge in [0.2, 0.25) is 0 Å². The lowest BCUT2D eigenvalue weighted by molar-refractivity contribution is 0.131. The van der Waals surface area contributed by atoms with Gasteiger partial charge in [0, 0.05) is 36.8 Å². The van der Waals surface area contributed by atoms with Gasteiger partial charge < -0.3 is 20.7 Å². The number of rotatable bonds is 2. The molecule has 8 nitrogen and oxygen atoms in total. The number of hydrogen-bond acceptors (Lipinski definition) is 4. The van der Waals surface area contributed by atoms with Crippen molar-refractivity contribution in [2.45, 2.75) is 18.8 Å². The van der Waals surface area contributed by atoms with Crippen molar-refractivity contribution in [3.05, 3.63) is 47.5 Å². The van der Waals surface area contributed by atoms with Gasteiger partial charge >= 0.3 is 6.09 Å². The van der Waals surface area contributed by atoms with Gasteiger partial charge in [-0.2, -0.15) is 0 Å². The molecule has 0 unspecified atom stereocenters. The fourth-order valence-corrected chi connectivity index (χ4v) is 4.37. The smallest absolute Gasteiger partial charge is 0.407 e. The van der Waals surface area contributed by atoms with Gasteiger partial charge in [-0.05, 0) is 25.0 Å². The second kappa shape index (κ2) is 6.66. The first-order valence-corrected chi connectivity index (χ1v) is 9.78. The number of nitrogens with two attached hydrogens (primary N) is 1. The van der Waals surface area contributed by atoms with Crippen LogP contribution in [0.2, 0.25) is 5.02 Å². The third kappa shape index (κ3) is 2.87. The molecule has 29 heavy (non-hydrogen) atoms. The highest BCUT2D eigenvalue weighted by atomic mass is 35.5. The van der Waals surface area contributed by atoms with Gasteiger partial charge in [-0.25, -0.2) is 14.8 Å². The number of aromatic nitrogens is 4. The van der Waals surface area contributed by atoms with Crippen LogP contribution in [0, 0.1) is 0 Å². The molecule has 4 N–H and O–H groups in total. The molecule has 3 aromatic heterocycles. The normalized spacial score (nSPS) is 15.4. The summed E-state index contributed by atoms with van der Waals surface area (Å²) in [5.74, 6) is 1.41. The molecule has 0 bridgehead atoms. The van der Waals surface area contributed by atoms with Crippen LogP contribution in [0.3, 0.4) is 0 Å². The number of H-pyrrole nitrogens is 1. The minimum atomic E-state index is -0.875. The Bertz CT molecular complexity index is 1240. The van der Waals surface area contributed by atoms with Crippen molar-refractivity contribution < 1.29 is 9.90 Å². The Kier molecular flexibility index (Phi) is 4.09. The van der Waals surface area contributed by atoms with Gasteiger partial charge in [0.05, 0.1) is 16.2 Å². The highest BCUT2D eigenvalue weighted by Gasteiger charge is 2.28. The van der Waals surface area contributed by atoms with Crippen molar-refractivity contribution in [1.82, 2.24) is 24.3 Å². The summed E-state index contributed by atoms with van der Waals surface area (Å²) in [6.07, 6.45) is 4.07. The van der Waals surface area contributed by atoms with E-state index in [1.165, 1.54) is 4.90 Å². The molecule has 0 spiro atoms. The fourth-order valence-electron chi connectivity index (χ4n) is 4.14. The summed E-state index contributed by atoms with van der Waals surface area (Å²) < 4.78 is 1.98. The molecule has 1 amide bonds. The first-order valence-electron chi connectivity index (χ1n) is 9.41. The zero-order valence-corrected chi connectivity index (χ0v) is 16.2. The van der Waals surface area contributed by atoms with E-state index >= 15 is 0 Å². The van der Waals surface area contributed by atoms with Gasteiger partial charge in [-0.15, -0.1) is 0 Å².